The molecule has 0 unspecified atom stereocenters. The minimum Gasteiger partial charge on any atom is -0.273 e. The molecular weight excluding hydrogens is 337 g/mol. The lowest BCUT2D eigenvalue weighted by Gasteiger charge is -2.33. The molecule has 0 spiro atoms. The second kappa shape index (κ2) is 5.23. The Kier molecular flexibility index (Phi) is 3.59. The Labute approximate surface area is 131 Å². The summed E-state index contributed by atoms with van der Waals surface area (Å²) in [5, 5.41) is 0. The van der Waals surface area contributed by atoms with Crippen LogP contribution >= 0.6 is 11.8 Å². The average Bonchev–Trinajstić information content (AvgIpc) is 2.50. The Bertz CT molecular complexity index is 729. The fraction of sp³-hybridized carbons (Fsp3) is 0.133. The van der Waals surface area contributed by atoms with Gasteiger partial charge in [0.2, 0.25) is 0 Å². The first-order valence-electron chi connectivity index (χ1n) is 6.38. The SMILES string of the molecule is O=C(N1c2ccccc2Sc2ccccc21)C(F)(F)C(F)(F)F. The zero-order chi connectivity index (χ0) is 16.8. The monoisotopic (exact) mass is 345 g/mol. The Morgan fingerprint density at radius 1 is 0.826 bits per heavy atom. The lowest BCUT2D eigenvalue weighted by Crippen LogP contribution is -2.51. The third-order valence-electron chi connectivity index (χ3n) is 3.26. The molecule has 0 N–H and O–H groups in total. The number of alkyl halides is 5. The van der Waals surface area contributed by atoms with E-state index in [0.29, 0.717) is 14.7 Å². The van der Waals surface area contributed by atoms with Crippen LogP contribution in [-0.4, -0.2) is 18.0 Å². The summed E-state index contributed by atoms with van der Waals surface area (Å²) in [5.41, 5.74) is 0.00949. The second-order valence-electron chi connectivity index (χ2n) is 4.75. The molecule has 2 aromatic carbocycles. The van der Waals surface area contributed by atoms with E-state index in [9.17, 15) is 26.7 Å². The zero-order valence-electron chi connectivity index (χ0n) is 11.3. The third-order valence-corrected chi connectivity index (χ3v) is 4.39. The van der Waals surface area contributed by atoms with Crippen LogP contribution in [0.3, 0.4) is 0 Å². The van der Waals surface area contributed by atoms with Crippen molar-refractivity contribution < 1.29 is 26.7 Å². The second-order valence-corrected chi connectivity index (χ2v) is 5.83. The molecule has 1 amide bonds. The summed E-state index contributed by atoms with van der Waals surface area (Å²) in [5.74, 6) is -7.79. The predicted molar refractivity (Wildman–Crippen MR) is 75.2 cm³/mol. The van der Waals surface area contributed by atoms with E-state index in [1.165, 1.54) is 36.0 Å². The molecule has 1 aliphatic rings. The summed E-state index contributed by atoms with van der Waals surface area (Å²) in [6.45, 7) is 0. The maximum absolute atomic E-state index is 13.6. The number of halogens is 5. The maximum Gasteiger partial charge on any atom is 0.463 e. The van der Waals surface area contributed by atoms with Crippen LogP contribution in [0, 0.1) is 0 Å². The van der Waals surface area contributed by atoms with Crippen LogP contribution in [0.25, 0.3) is 0 Å². The van der Waals surface area contributed by atoms with Gasteiger partial charge < -0.3 is 0 Å². The van der Waals surface area contributed by atoms with Crippen LogP contribution in [0.4, 0.5) is 33.3 Å². The number of nitrogens with zero attached hydrogens (tertiary/aromatic N) is 1. The highest BCUT2D eigenvalue weighted by Crippen LogP contribution is 2.50. The van der Waals surface area contributed by atoms with Gasteiger partial charge in [-0.05, 0) is 24.3 Å². The number of fused-ring (bicyclic) bond motifs is 2. The first-order chi connectivity index (χ1) is 10.7. The maximum atomic E-state index is 13.6. The number of anilines is 2. The van der Waals surface area contributed by atoms with Crippen LogP contribution in [-0.2, 0) is 4.79 Å². The third kappa shape index (κ3) is 2.46. The normalized spacial score (nSPS) is 14.2. The largest absolute Gasteiger partial charge is 0.463 e. The van der Waals surface area contributed by atoms with E-state index in [4.69, 9.17) is 0 Å². The van der Waals surface area contributed by atoms with Crippen molar-refractivity contribution >= 4 is 29.0 Å². The van der Waals surface area contributed by atoms with Crippen molar-refractivity contribution in [2.45, 2.75) is 21.9 Å². The average molecular weight is 345 g/mol. The first-order valence-corrected chi connectivity index (χ1v) is 7.20. The Morgan fingerprint density at radius 2 is 1.26 bits per heavy atom. The van der Waals surface area contributed by atoms with Crippen LogP contribution in [0.2, 0.25) is 0 Å². The fourth-order valence-corrected chi connectivity index (χ4v) is 3.24. The van der Waals surface area contributed by atoms with Gasteiger partial charge in [-0.2, -0.15) is 22.0 Å². The minimum atomic E-state index is -5.96. The highest BCUT2D eigenvalue weighted by molar-refractivity contribution is 7.99. The summed E-state index contributed by atoms with van der Waals surface area (Å²) < 4.78 is 64.9. The van der Waals surface area contributed by atoms with Crippen molar-refractivity contribution in [2.75, 3.05) is 4.90 Å². The molecule has 2 nitrogen and oxygen atoms in total. The van der Waals surface area contributed by atoms with Crippen molar-refractivity contribution in [2.24, 2.45) is 0 Å². The van der Waals surface area contributed by atoms with Crippen molar-refractivity contribution in [3.8, 4) is 0 Å². The molecular formula is C15H8F5NOS. The van der Waals surface area contributed by atoms with E-state index in [2.05, 4.69) is 0 Å². The smallest absolute Gasteiger partial charge is 0.273 e. The fourth-order valence-electron chi connectivity index (χ4n) is 2.19. The van der Waals surface area contributed by atoms with E-state index in [1.807, 2.05) is 0 Å². The zero-order valence-corrected chi connectivity index (χ0v) is 12.1. The molecule has 0 aliphatic carbocycles. The van der Waals surface area contributed by atoms with Gasteiger partial charge in [-0.15, -0.1) is 0 Å². The minimum absolute atomic E-state index is 0.00475. The van der Waals surface area contributed by atoms with Gasteiger partial charge in [0.1, 0.15) is 0 Å². The van der Waals surface area contributed by atoms with E-state index < -0.39 is 18.0 Å². The molecule has 120 valence electrons. The molecule has 0 aromatic heterocycles. The summed E-state index contributed by atoms with van der Waals surface area (Å²) in [7, 11) is 0. The molecule has 8 heteroatoms. The van der Waals surface area contributed by atoms with Gasteiger partial charge in [0.15, 0.2) is 0 Å². The molecule has 3 rings (SSSR count). The summed E-state index contributed by atoms with van der Waals surface area (Å²) in [6.07, 6.45) is -5.96. The number of hydrogen-bond donors (Lipinski definition) is 0. The Morgan fingerprint density at radius 3 is 1.70 bits per heavy atom. The van der Waals surface area contributed by atoms with Crippen LogP contribution in [0.5, 0.6) is 0 Å². The van der Waals surface area contributed by atoms with Gasteiger partial charge in [-0.3, -0.25) is 9.69 Å². The van der Waals surface area contributed by atoms with Gasteiger partial charge in [-0.1, -0.05) is 36.0 Å². The van der Waals surface area contributed by atoms with Gasteiger partial charge in [0, 0.05) is 9.79 Å². The van der Waals surface area contributed by atoms with Gasteiger partial charge in [0.25, 0.3) is 0 Å². The van der Waals surface area contributed by atoms with Gasteiger partial charge >= 0.3 is 18.0 Å². The molecule has 23 heavy (non-hydrogen) atoms. The van der Waals surface area contributed by atoms with E-state index >= 15 is 0 Å². The quantitative estimate of drug-likeness (QED) is 0.677. The number of hydrogen-bond acceptors (Lipinski definition) is 2. The van der Waals surface area contributed by atoms with E-state index in [-0.39, 0.29) is 11.4 Å². The van der Waals surface area contributed by atoms with Crippen LogP contribution in [0.15, 0.2) is 58.3 Å². The van der Waals surface area contributed by atoms with Crippen LogP contribution < -0.4 is 4.90 Å². The van der Waals surface area contributed by atoms with Crippen molar-refractivity contribution in [3.63, 3.8) is 0 Å². The number of para-hydroxylation sites is 2. The number of rotatable bonds is 1. The molecule has 0 fully saturated rings. The molecule has 0 atom stereocenters. The predicted octanol–water partition coefficient (Wildman–Crippen LogP) is 5.01. The molecule has 1 heterocycles. The number of amides is 1. The van der Waals surface area contributed by atoms with Gasteiger partial charge in [-0.25, -0.2) is 0 Å². The summed E-state index contributed by atoms with van der Waals surface area (Å²) in [4.78, 5) is 13.3. The van der Waals surface area contributed by atoms with Crippen LogP contribution in [0.1, 0.15) is 0 Å². The molecule has 1 aliphatic heterocycles. The number of carbonyl (C=O) groups excluding carboxylic acids is 1. The summed E-state index contributed by atoms with van der Waals surface area (Å²) in [6, 6.07) is 12.0. The Hall–Kier alpha value is -2.09. The first kappa shape index (κ1) is 15.8. The van der Waals surface area contributed by atoms with Crippen molar-refractivity contribution in [1.82, 2.24) is 0 Å². The molecule has 2 aromatic rings. The molecule has 0 bridgehead atoms. The highest BCUT2D eigenvalue weighted by Gasteiger charge is 2.65. The van der Waals surface area contributed by atoms with Crippen molar-refractivity contribution in [1.29, 1.82) is 0 Å². The Balaban J connectivity index is 2.18. The number of benzene rings is 2. The topological polar surface area (TPSA) is 20.3 Å². The van der Waals surface area contributed by atoms with E-state index in [0.717, 1.165) is 0 Å². The van der Waals surface area contributed by atoms with Gasteiger partial charge in [0.05, 0.1) is 11.4 Å². The van der Waals surface area contributed by atoms with E-state index in [1.54, 1.807) is 24.3 Å². The van der Waals surface area contributed by atoms with Crippen molar-refractivity contribution in [3.05, 3.63) is 48.5 Å². The summed E-state index contributed by atoms with van der Waals surface area (Å²) >= 11 is 1.20. The number of carbonyl (C=O) groups is 1. The molecule has 0 saturated heterocycles. The highest BCUT2D eigenvalue weighted by atomic mass is 32.2. The standard InChI is InChI=1S/C15H8F5NOS/c16-14(17,15(18,19)20)13(22)21-9-5-1-3-7-11(9)23-12-8-4-2-6-10(12)21/h1-8H. The molecule has 0 radical (unpaired) electrons. The lowest BCUT2D eigenvalue weighted by atomic mass is 10.1. The lowest BCUT2D eigenvalue weighted by molar-refractivity contribution is -0.268. The molecule has 0 saturated carbocycles.